The van der Waals surface area contributed by atoms with Crippen LogP contribution in [0.1, 0.15) is 0 Å². The van der Waals surface area contributed by atoms with Gasteiger partial charge in [0.25, 0.3) is 0 Å². The van der Waals surface area contributed by atoms with Crippen molar-refractivity contribution in [2.24, 2.45) is 0 Å². The van der Waals surface area contributed by atoms with Gasteiger partial charge in [-0.1, -0.05) is 0 Å². The monoisotopic (exact) mass is 159 g/mol. The van der Waals surface area contributed by atoms with Gasteiger partial charge in [-0.15, -0.1) is 0 Å². The Kier molecular flexibility index (Phi) is 4.10. The van der Waals surface area contributed by atoms with E-state index in [-0.39, 0.29) is 7.75 Å². The first-order valence-electron chi connectivity index (χ1n) is 1.07. The maximum absolute atomic E-state index is 3.52. The van der Waals surface area contributed by atoms with Crippen LogP contribution < -0.4 is 0 Å². The maximum atomic E-state index is 3.52. The standard InChI is InChI=1S/C2H5Si.Ru/c1-2-3;/h2H,1,3H2;. The molecule has 0 amide bonds. The van der Waals surface area contributed by atoms with Gasteiger partial charge >= 0.3 is 37.6 Å². The summed E-state index contributed by atoms with van der Waals surface area (Å²) in [5.74, 6) is 0. The van der Waals surface area contributed by atoms with Gasteiger partial charge in [0.05, 0.1) is 0 Å². The SMILES string of the molecule is C=C[SiH2][Ru]. The van der Waals surface area contributed by atoms with Gasteiger partial charge in [0.1, 0.15) is 0 Å². The molecule has 0 fully saturated rings. The van der Waals surface area contributed by atoms with Crippen molar-refractivity contribution in [3.05, 3.63) is 12.3 Å². The summed E-state index contributed by atoms with van der Waals surface area (Å²) >= 11 is 2.60. The second-order valence-corrected chi connectivity index (χ2v) is 3.43. The van der Waals surface area contributed by atoms with Crippen molar-refractivity contribution in [3.8, 4) is 0 Å². The Morgan fingerprint density at radius 1 is 2.00 bits per heavy atom. The van der Waals surface area contributed by atoms with Crippen LogP contribution in [0.15, 0.2) is 12.3 Å². The molecule has 0 heterocycles. The van der Waals surface area contributed by atoms with E-state index in [9.17, 15) is 0 Å². The molecule has 0 aliphatic carbocycles. The van der Waals surface area contributed by atoms with E-state index in [0.717, 1.165) is 0 Å². The van der Waals surface area contributed by atoms with Gasteiger partial charge < -0.3 is 0 Å². The Bertz CT molecular complexity index is 20.0. The van der Waals surface area contributed by atoms with Crippen LogP contribution in [0.5, 0.6) is 0 Å². The summed E-state index contributed by atoms with van der Waals surface area (Å²) < 4.78 is 0. The van der Waals surface area contributed by atoms with Crippen molar-refractivity contribution in [1.29, 1.82) is 0 Å². The van der Waals surface area contributed by atoms with E-state index in [2.05, 4.69) is 24.2 Å². The molecule has 0 spiro atoms. The summed E-state index contributed by atoms with van der Waals surface area (Å²) in [5, 5.41) is 0. The van der Waals surface area contributed by atoms with Crippen molar-refractivity contribution in [2.75, 3.05) is 0 Å². The van der Waals surface area contributed by atoms with E-state index >= 15 is 0 Å². The first-order valence-corrected chi connectivity index (χ1v) is 6.07. The predicted octanol–water partition coefficient (Wildman–Crippen LogP) is -0.240. The molecule has 0 aromatic rings. The topological polar surface area (TPSA) is 0 Å². The zero-order valence-electron chi connectivity index (χ0n) is 2.35. The van der Waals surface area contributed by atoms with Crippen molar-refractivity contribution in [1.82, 2.24) is 0 Å². The van der Waals surface area contributed by atoms with Crippen LogP contribution >= 0.6 is 0 Å². The van der Waals surface area contributed by atoms with E-state index < -0.39 is 0 Å². The Morgan fingerprint density at radius 3 is 2.25 bits per heavy atom. The summed E-state index contributed by atoms with van der Waals surface area (Å²) in [6.07, 6.45) is 0. The zero-order chi connectivity index (χ0) is 3.41. The van der Waals surface area contributed by atoms with Crippen molar-refractivity contribution in [3.63, 3.8) is 0 Å². The summed E-state index contributed by atoms with van der Waals surface area (Å²) in [6, 6.07) is 0. The molecule has 4 heavy (non-hydrogen) atoms. The Balaban J connectivity index is 2.30. The first-order chi connectivity index (χ1) is 1.91. The van der Waals surface area contributed by atoms with Crippen LogP contribution in [-0.2, 0) is 17.6 Å². The summed E-state index contributed by atoms with van der Waals surface area (Å²) in [6.45, 7) is 3.52. The fourth-order valence-electron chi connectivity index (χ4n) is 0. The van der Waals surface area contributed by atoms with Gasteiger partial charge in [0.2, 0.25) is 0 Å². The fraction of sp³-hybridized carbons (Fsp3) is 0. The second kappa shape index (κ2) is 3.58. The molecule has 25 valence electrons. The van der Waals surface area contributed by atoms with Gasteiger partial charge in [0, 0.05) is 0 Å². The molecule has 0 aromatic carbocycles. The molecule has 0 aliphatic heterocycles. The third-order valence-electron chi connectivity index (χ3n) is 0.102. The molecular weight excluding hydrogens is 153 g/mol. The molecule has 0 radical (unpaired) electrons. The molecule has 2 heteroatoms. The number of hydrogen-bond donors (Lipinski definition) is 0. The van der Waals surface area contributed by atoms with Gasteiger partial charge in [-0.25, -0.2) is 0 Å². The molecule has 0 bridgehead atoms. The van der Waals surface area contributed by atoms with E-state index in [4.69, 9.17) is 0 Å². The average molecular weight is 158 g/mol. The van der Waals surface area contributed by atoms with Crippen LogP contribution in [-0.4, -0.2) is 7.75 Å². The minimum absolute atomic E-state index is 0.118. The van der Waals surface area contributed by atoms with Crippen LogP contribution in [0, 0.1) is 0 Å². The van der Waals surface area contributed by atoms with Crippen LogP contribution in [0.4, 0.5) is 0 Å². The van der Waals surface area contributed by atoms with E-state index in [0.29, 0.717) is 0 Å². The Hall–Kier alpha value is 0.580. The van der Waals surface area contributed by atoms with E-state index in [1.807, 2.05) is 5.70 Å². The van der Waals surface area contributed by atoms with Crippen molar-refractivity contribution in [2.45, 2.75) is 0 Å². The van der Waals surface area contributed by atoms with Gasteiger partial charge in [-0.2, -0.15) is 0 Å². The summed E-state index contributed by atoms with van der Waals surface area (Å²) in [7, 11) is 0.118. The molecular formula is C2H5RuSi. The third kappa shape index (κ3) is 2.58. The molecule has 0 saturated carbocycles. The average Bonchev–Trinajstić information content (AvgIpc) is 1.37. The predicted molar refractivity (Wildman–Crippen MR) is 18.7 cm³/mol. The Morgan fingerprint density at radius 2 is 2.25 bits per heavy atom. The van der Waals surface area contributed by atoms with E-state index in [1.165, 1.54) is 0 Å². The normalized spacial score (nSPS) is 9.25. The summed E-state index contributed by atoms with van der Waals surface area (Å²) in [5.41, 5.74) is 1.98. The Labute approximate surface area is 38.1 Å². The van der Waals surface area contributed by atoms with Crippen LogP contribution in [0.2, 0.25) is 0 Å². The van der Waals surface area contributed by atoms with E-state index in [1.54, 1.807) is 0 Å². The van der Waals surface area contributed by atoms with Gasteiger partial charge in [0.15, 0.2) is 0 Å². The fourth-order valence-corrected chi connectivity index (χ4v) is 0. The third-order valence-corrected chi connectivity index (χ3v) is 1.81. The molecule has 0 saturated heterocycles. The van der Waals surface area contributed by atoms with Crippen LogP contribution in [0.3, 0.4) is 0 Å². The van der Waals surface area contributed by atoms with Crippen molar-refractivity contribution < 1.29 is 17.6 Å². The molecule has 0 nitrogen and oxygen atoms in total. The molecule has 0 rings (SSSR count). The van der Waals surface area contributed by atoms with Crippen molar-refractivity contribution >= 4 is 7.75 Å². The van der Waals surface area contributed by atoms with Gasteiger partial charge in [-0.05, 0) is 0 Å². The van der Waals surface area contributed by atoms with Crippen LogP contribution in [0.25, 0.3) is 0 Å². The molecule has 0 N–H and O–H groups in total. The second-order valence-electron chi connectivity index (χ2n) is 0.433. The van der Waals surface area contributed by atoms with Gasteiger partial charge in [-0.3, -0.25) is 0 Å². The molecule has 0 aromatic heterocycles. The quantitative estimate of drug-likeness (QED) is 0.462. The minimum atomic E-state index is 0.118. The molecule has 0 aliphatic rings. The number of rotatable bonds is 1. The zero-order valence-corrected chi connectivity index (χ0v) is 5.50. The molecule has 0 atom stereocenters. The molecule has 0 unspecified atom stereocenters. The first kappa shape index (κ1) is 4.58. The number of hydrogen-bond acceptors (Lipinski definition) is 0. The summed E-state index contributed by atoms with van der Waals surface area (Å²) in [4.78, 5) is 0.